The van der Waals surface area contributed by atoms with Gasteiger partial charge in [0, 0.05) is 19.4 Å². The third-order valence-electron chi connectivity index (χ3n) is 2.86. The van der Waals surface area contributed by atoms with E-state index >= 15 is 0 Å². The van der Waals surface area contributed by atoms with Gasteiger partial charge in [-0.15, -0.1) is 0 Å². The zero-order valence-electron chi connectivity index (χ0n) is 16.0. The van der Waals surface area contributed by atoms with Gasteiger partial charge in [0.15, 0.2) is 0 Å². The molecule has 1 rings (SSSR count). The average Bonchev–Trinajstić information content (AvgIpc) is 2.64. The highest BCUT2D eigenvalue weighted by atomic mass is 16.4. The van der Waals surface area contributed by atoms with Gasteiger partial charge in [0.1, 0.15) is 0 Å². The van der Waals surface area contributed by atoms with Crippen LogP contribution in [0.5, 0.6) is 0 Å². The number of carboxylic acid groups (broad SMARTS) is 1. The predicted molar refractivity (Wildman–Crippen MR) is 102 cm³/mol. The first-order valence-corrected chi connectivity index (χ1v) is 8.93. The number of rotatable bonds is 8. The maximum Gasteiger partial charge on any atom is 0.337 e. The van der Waals surface area contributed by atoms with Crippen LogP contribution < -0.4 is 10.6 Å². The van der Waals surface area contributed by atoms with E-state index in [0.717, 1.165) is 12.8 Å². The van der Waals surface area contributed by atoms with E-state index in [1.54, 1.807) is 12.1 Å². The number of hydrogen-bond donors (Lipinski definition) is 3. The van der Waals surface area contributed by atoms with Crippen molar-refractivity contribution < 1.29 is 19.5 Å². The van der Waals surface area contributed by atoms with Crippen LogP contribution in [0.1, 0.15) is 70.7 Å². The van der Waals surface area contributed by atoms with Gasteiger partial charge in [-0.1, -0.05) is 53.2 Å². The Hall–Kier alpha value is -2.37. The normalized spacial score (nSPS) is 8.84. The number of anilines is 1. The lowest BCUT2D eigenvalue weighted by atomic mass is 10.1. The molecule has 0 aromatic heterocycles. The fourth-order valence-corrected chi connectivity index (χ4v) is 1.71. The monoisotopic (exact) mass is 352 g/mol. The predicted octanol–water partition coefficient (Wildman–Crippen LogP) is 4.07. The van der Waals surface area contributed by atoms with Gasteiger partial charge >= 0.3 is 5.97 Å². The number of benzene rings is 1. The van der Waals surface area contributed by atoms with E-state index in [-0.39, 0.29) is 35.9 Å². The number of unbranched alkanes of at least 4 members (excludes halogenated alkanes) is 1. The summed E-state index contributed by atoms with van der Waals surface area (Å²) >= 11 is 0. The Balaban J connectivity index is 0. The molecule has 0 radical (unpaired) electrons. The molecular formula is C19H32N2O4. The van der Waals surface area contributed by atoms with Crippen LogP contribution in [-0.2, 0) is 9.59 Å². The van der Waals surface area contributed by atoms with Crippen LogP contribution in [0.4, 0.5) is 5.69 Å². The Morgan fingerprint density at radius 3 is 2.08 bits per heavy atom. The van der Waals surface area contributed by atoms with Crippen LogP contribution in [-0.4, -0.2) is 29.4 Å². The molecule has 0 fully saturated rings. The quantitative estimate of drug-likeness (QED) is 0.614. The van der Waals surface area contributed by atoms with E-state index in [0.29, 0.717) is 6.54 Å². The number of carbonyl (C=O) groups is 3. The first kappa shape index (κ1) is 24.9. The molecular weight excluding hydrogens is 320 g/mol. The summed E-state index contributed by atoms with van der Waals surface area (Å²) < 4.78 is 0. The van der Waals surface area contributed by atoms with Gasteiger partial charge in [-0.25, -0.2) is 4.79 Å². The molecule has 0 atom stereocenters. The van der Waals surface area contributed by atoms with Gasteiger partial charge < -0.3 is 15.7 Å². The molecule has 2 amide bonds. The molecule has 6 heteroatoms. The highest BCUT2D eigenvalue weighted by molar-refractivity contribution is 6.01. The van der Waals surface area contributed by atoms with Gasteiger partial charge in [0.05, 0.1) is 11.3 Å². The fraction of sp³-hybridized carbons (Fsp3) is 0.526. The Morgan fingerprint density at radius 1 is 0.960 bits per heavy atom. The number of carbonyl (C=O) groups excluding carboxylic acids is 2. The second kappa shape index (κ2) is 16.5. The van der Waals surface area contributed by atoms with Gasteiger partial charge in [-0.3, -0.25) is 9.59 Å². The molecule has 0 saturated carbocycles. The smallest absolute Gasteiger partial charge is 0.337 e. The maximum absolute atomic E-state index is 11.7. The van der Waals surface area contributed by atoms with Crippen molar-refractivity contribution >= 4 is 23.5 Å². The molecule has 25 heavy (non-hydrogen) atoms. The molecule has 0 aliphatic heterocycles. The largest absolute Gasteiger partial charge is 0.478 e. The summed E-state index contributed by atoms with van der Waals surface area (Å²) in [6.07, 6.45) is 2.01. The average molecular weight is 352 g/mol. The highest BCUT2D eigenvalue weighted by Crippen LogP contribution is 2.15. The van der Waals surface area contributed by atoms with Crippen LogP contribution in [0.3, 0.4) is 0 Å². The van der Waals surface area contributed by atoms with E-state index in [2.05, 4.69) is 10.6 Å². The van der Waals surface area contributed by atoms with Crippen molar-refractivity contribution in [2.24, 2.45) is 0 Å². The first-order valence-electron chi connectivity index (χ1n) is 8.93. The van der Waals surface area contributed by atoms with Crippen molar-refractivity contribution in [3.8, 4) is 0 Å². The summed E-state index contributed by atoms with van der Waals surface area (Å²) in [6.45, 7) is 10.6. The highest BCUT2D eigenvalue weighted by Gasteiger charge is 2.12. The molecule has 0 saturated heterocycles. The van der Waals surface area contributed by atoms with E-state index in [9.17, 15) is 14.4 Å². The number of carboxylic acids is 1. The van der Waals surface area contributed by atoms with Crippen LogP contribution in [0.2, 0.25) is 0 Å². The van der Waals surface area contributed by atoms with Crippen molar-refractivity contribution in [3.05, 3.63) is 29.8 Å². The maximum atomic E-state index is 11.7. The first-order chi connectivity index (χ1) is 12.0. The number of para-hydroxylation sites is 1. The Bertz CT molecular complexity index is 516. The minimum atomic E-state index is -1.11. The summed E-state index contributed by atoms with van der Waals surface area (Å²) in [5.41, 5.74) is 0.264. The molecule has 1 aromatic carbocycles. The van der Waals surface area contributed by atoms with E-state index in [1.807, 2.05) is 34.6 Å². The van der Waals surface area contributed by atoms with Crippen molar-refractivity contribution in [3.63, 3.8) is 0 Å². The van der Waals surface area contributed by atoms with E-state index < -0.39 is 5.97 Å². The summed E-state index contributed by atoms with van der Waals surface area (Å²) in [6, 6.07) is 6.15. The van der Waals surface area contributed by atoms with Crippen molar-refractivity contribution in [1.29, 1.82) is 0 Å². The lowest BCUT2D eigenvalue weighted by molar-refractivity contribution is -0.124. The molecule has 0 spiro atoms. The van der Waals surface area contributed by atoms with E-state index in [4.69, 9.17) is 5.11 Å². The zero-order chi connectivity index (χ0) is 19.7. The van der Waals surface area contributed by atoms with Gasteiger partial charge in [-0.05, 0) is 18.6 Å². The zero-order valence-corrected chi connectivity index (χ0v) is 16.0. The second-order valence-electron chi connectivity index (χ2n) is 4.60. The summed E-state index contributed by atoms with van der Waals surface area (Å²) in [5.74, 6) is -1.66. The van der Waals surface area contributed by atoms with Crippen molar-refractivity contribution in [2.75, 3.05) is 11.9 Å². The molecule has 3 N–H and O–H groups in total. The molecule has 0 aliphatic carbocycles. The minimum Gasteiger partial charge on any atom is -0.478 e. The van der Waals surface area contributed by atoms with Gasteiger partial charge in [-0.2, -0.15) is 0 Å². The third-order valence-corrected chi connectivity index (χ3v) is 2.86. The molecule has 142 valence electrons. The standard InChI is InChI=1S/C15H20N2O4.2C2H6/c1-2-3-10-16-13(18)8-9-14(19)17-12-7-5-4-6-11(12)15(20)21;2*1-2/h4-7H,2-3,8-10H2,1H3,(H,16,18)(H,17,19)(H,20,21);2*1-2H3. The molecule has 1 aromatic rings. The van der Waals surface area contributed by atoms with Crippen molar-refractivity contribution in [2.45, 2.75) is 60.3 Å². The second-order valence-corrected chi connectivity index (χ2v) is 4.60. The van der Waals surface area contributed by atoms with Crippen LogP contribution in [0.25, 0.3) is 0 Å². The van der Waals surface area contributed by atoms with Crippen LogP contribution >= 0.6 is 0 Å². The molecule has 6 nitrogen and oxygen atoms in total. The summed E-state index contributed by atoms with van der Waals surface area (Å²) in [7, 11) is 0. The number of aromatic carboxylic acids is 1. The summed E-state index contributed by atoms with van der Waals surface area (Å²) in [5, 5.41) is 14.2. The Labute approximate surface area is 151 Å². The molecule has 0 aliphatic rings. The number of amides is 2. The molecule has 0 bridgehead atoms. The Morgan fingerprint density at radius 2 is 1.52 bits per heavy atom. The van der Waals surface area contributed by atoms with Crippen LogP contribution in [0, 0.1) is 0 Å². The number of nitrogens with one attached hydrogen (secondary N) is 2. The Kier molecular flexibility index (Phi) is 16.4. The molecule has 0 unspecified atom stereocenters. The lowest BCUT2D eigenvalue weighted by Crippen LogP contribution is -2.25. The van der Waals surface area contributed by atoms with Crippen LogP contribution in [0.15, 0.2) is 24.3 Å². The lowest BCUT2D eigenvalue weighted by Gasteiger charge is -2.08. The topological polar surface area (TPSA) is 95.5 Å². The number of hydrogen-bond acceptors (Lipinski definition) is 3. The van der Waals surface area contributed by atoms with E-state index in [1.165, 1.54) is 12.1 Å². The third kappa shape index (κ3) is 11.8. The summed E-state index contributed by atoms with van der Waals surface area (Å²) in [4.78, 5) is 34.2. The molecule has 0 heterocycles. The van der Waals surface area contributed by atoms with Gasteiger partial charge in [0.25, 0.3) is 0 Å². The minimum absolute atomic E-state index is 0.0198. The van der Waals surface area contributed by atoms with Gasteiger partial charge in [0.2, 0.25) is 11.8 Å². The van der Waals surface area contributed by atoms with Crippen molar-refractivity contribution in [1.82, 2.24) is 5.32 Å². The fourth-order valence-electron chi connectivity index (χ4n) is 1.71. The SMILES string of the molecule is CC.CC.CCCCNC(=O)CCC(=O)Nc1ccccc1C(=O)O.